The van der Waals surface area contributed by atoms with Crippen molar-refractivity contribution < 1.29 is 4.79 Å². The largest absolute Gasteiger partial charge is 0.327 e. The lowest BCUT2D eigenvalue weighted by Crippen LogP contribution is -2.05. The summed E-state index contributed by atoms with van der Waals surface area (Å²) >= 11 is 0. The molecule has 0 atom stereocenters. The standard InChI is InChI=1S/C11H14N2O/c1-9(14)13-11-6-4-10(5-7-11)3-2-8-12/h2-7H,8,12H2,1H3,(H,13,14). The highest BCUT2D eigenvalue weighted by Crippen LogP contribution is 2.10. The number of rotatable bonds is 3. The van der Waals surface area contributed by atoms with Crippen LogP contribution in [0.4, 0.5) is 5.69 Å². The van der Waals surface area contributed by atoms with Crippen LogP contribution in [0.15, 0.2) is 30.3 Å². The molecule has 0 spiro atoms. The summed E-state index contributed by atoms with van der Waals surface area (Å²) in [6.07, 6.45) is 3.82. The van der Waals surface area contributed by atoms with Gasteiger partial charge in [-0.05, 0) is 17.7 Å². The average Bonchev–Trinajstić information content (AvgIpc) is 2.16. The second-order valence-corrected chi connectivity index (χ2v) is 2.94. The molecule has 0 radical (unpaired) electrons. The molecular weight excluding hydrogens is 176 g/mol. The number of hydrogen-bond donors (Lipinski definition) is 2. The van der Waals surface area contributed by atoms with Crippen molar-refractivity contribution in [2.45, 2.75) is 6.92 Å². The highest BCUT2D eigenvalue weighted by molar-refractivity contribution is 5.88. The molecule has 14 heavy (non-hydrogen) atoms. The fourth-order valence-corrected chi connectivity index (χ4v) is 1.08. The first-order chi connectivity index (χ1) is 6.72. The molecule has 0 unspecified atom stereocenters. The lowest BCUT2D eigenvalue weighted by atomic mass is 10.2. The maximum Gasteiger partial charge on any atom is 0.221 e. The summed E-state index contributed by atoms with van der Waals surface area (Å²) in [5.74, 6) is -0.0600. The molecule has 0 aliphatic carbocycles. The molecule has 3 N–H and O–H groups in total. The van der Waals surface area contributed by atoms with Crippen molar-refractivity contribution in [1.82, 2.24) is 0 Å². The number of amides is 1. The second-order valence-electron chi connectivity index (χ2n) is 2.94. The summed E-state index contributed by atoms with van der Waals surface area (Å²) in [6.45, 7) is 2.02. The van der Waals surface area contributed by atoms with Crippen molar-refractivity contribution in [2.75, 3.05) is 11.9 Å². The SMILES string of the molecule is CC(=O)Nc1ccc(C=CCN)cc1. The zero-order valence-corrected chi connectivity index (χ0v) is 8.16. The maximum absolute atomic E-state index is 10.7. The van der Waals surface area contributed by atoms with E-state index in [-0.39, 0.29) is 5.91 Å². The molecule has 0 saturated carbocycles. The molecule has 1 aromatic rings. The molecule has 0 heterocycles. The van der Waals surface area contributed by atoms with E-state index in [1.54, 1.807) is 0 Å². The van der Waals surface area contributed by atoms with Gasteiger partial charge < -0.3 is 11.1 Å². The van der Waals surface area contributed by atoms with Crippen LogP contribution in [0.25, 0.3) is 6.08 Å². The van der Waals surface area contributed by atoms with Crippen molar-refractivity contribution in [1.29, 1.82) is 0 Å². The van der Waals surface area contributed by atoms with Gasteiger partial charge in [-0.2, -0.15) is 0 Å². The number of anilines is 1. The lowest BCUT2D eigenvalue weighted by Gasteiger charge is -2.01. The van der Waals surface area contributed by atoms with Gasteiger partial charge in [0.2, 0.25) is 5.91 Å². The Morgan fingerprint density at radius 3 is 2.57 bits per heavy atom. The monoisotopic (exact) mass is 190 g/mol. The van der Waals surface area contributed by atoms with Crippen LogP contribution >= 0.6 is 0 Å². The minimum Gasteiger partial charge on any atom is -0.327 e. The number of carbonyl (C=O) groups excluding carboxylic acids is 1. The number of nitrogens with two attached hydrogens (primary N) is 1. The Balaban J connectivity index is 2.68. The Morgan fingerprint density at radius 2 is 2.07 bits per heavy atom. The Hall–Kier alpha value is -1.61. The van der Waals surface area contributed by atoms with Crippen molar-refractivity contribution in [3.63, 3.8) is 0 Å². The van der Waals surface area contributed by atoms with Gasteiger partial charge in [0.05, 0.1) is 0 Å². The Labute approximate surface area is 83.6 Å². The summed E-state index contributed by atoms with van der Waals surface area (Å²) in [4.78, 5) is 10.7. The predicted molar refractivity (Wildman–Crippen MR) is 58.8 cm³/mol. The fraction of sp³-hybridized carbons (Fsp3) is 0.182. The van der Waals surface area contributed by atoms with E-state index in [1.807, 2.05) is 36.4 Å². The van der Waals surface area contributed by atoms with Gasteiger partial charge in [0.25, 0.3) is 0 Å². The van der Waals surface area contributed by atoms with E-state index in [0.717, 1.165) is 11.3 Å². The van der Waals surface area contributed by atoms with Crippen molar-refractivity contribution in [2.24, 2.45) is 5.73 Å². The lowest BCUT2D eigenvalue weighted by molar-refractivity contribution is -0.114. The van der Waals surface area contributed by atoms with Crippen molar-refractivity contribution in [3.05, 3.63) is 35.9 Å². The molecular formula is C11H14N2O. The summed E-state index contributed by atoms with van der Waals surface area (Å²) in [7, 11) is 0. The van der Waals surface area contributed by atoms with Gasteiger partial charge in [0.15, 0.2) is 0 Å². The molecule has 1 amide bonds. The highest BCUT2D eigenvalue weighted by Gasteiger charge is 1.93. The molecule has 0 bridgehead atoms. The molecule has 0 aromatic heterocycles. The van der Waals surface area contributed by atoms with Gasteiger partial charge in [-0.15, -0.1) is 0 Å². The smallest absolute Gasteiger partial charge is 0.221 e. The minimum absolute atomic E-state index is 0.0600. The van der Waals surface area contributed by atoms with Crippen LogP contribution in [0.5, 0.6) is 0 Å². The van der Waals surface area contributed by atoms with Crippen LogP contribution in [0.1, 0.15) is 12.5 Å². The maximum atomic E-state index is 10.7. The summed E-state index contributed by atoms with van der Waals surface area (Å²) in [6, 6.07) is 7.57. The molecule has 3 heteroatoms. The molecule has 0 aliphatic rings. The molecule has 0 aliphatic heterocycles. The predicted octanol–water partition coefficient (Wildman–Crippen LogP) is 1.62. The number of nitrogens with one attached hydrogen (secondary N) is 1. The fourth-order valence-electron chi connectivity index (χ4n) is 1.08. The van der Waals surface area contributed by atoms with Crippen LogP contribution in [0.3, 0.4) is 0 Å². The first kappa shape index (κ1) is 10.5. The topological polar surface area (TPSA) is 55.1 Å². The van der Waals surface area contributed by atoms with E-state index >= 15 is 0 Å². The number of carbonyl (C=O) groups is 1. The summed E-state index contributed by atoms with van der Waals surface area (Å²) in [5, 5.41) is 2.70. The zero-order chi connectivity index (χ0) is 10.4. The third kappa shape index (κ3) is 3.41. The van der Waals surface area contributed by atoms with E-state index in [9.17, 15) is 4.79 Å². The van der Waals surface area contributed by atoms with Gasteiger partial charge >= 0.3 is 0 Å². The van der Waals surface area contributed by atoms with Crippen LogP contribution in [-0.4, -0.2) is 12.5 Å². The average molecular weight is 190 g/mol. The quantitative estimate of drug-likeness (QED) is 0.761. The third-order valence-corrected chi connectivity index (χ3v) is 1.68. The first-order valence-corrected chi connectivity index (χ1v) is 4.46. The van der Waals surface area contributed by atoms with Gasteiger partial charge in [0.1, 0.15) is 0 Å². The normalized spacial score (nSPS) is 10.4. The van der Waals surface area contributed by atoms with Crippen LogP contribution in [0, 0.1) is 0 Å². The third-order valence-electron chi connectivity index (χ3n) is 1.68. The summed E-state index contributed by atoms with van der Waals surface area (Å²) < 4.78 is 0. The highest BCUT2D eigenvalue weighted by atomic mass is 16.1. The van der Waals surface area contributed by atoms with E-state index < -0.39 is 0 Å². The Bertz CT molecular complexity index is 328. The van der Waals surface area contributed by atoms with Crippen molar-refractivity contribution in [3.8, 4) is 0 Å². The van der Waals surface area contributed by atoms with Gasteiger partial charge in [-0.1, -0.05) is 24.3 Å². The molecule has 1 aromatic carbocycles. The zero-order valence-electron chi connectivity index (χ0n) is 8.16. The molecule has 0 saturated heterocycles. The molecule has 3 nitrogen and oxygen atoms in total. The van der Waals surface area contributed by atoms with Crippen molar-refractivity contribution >= 4 is 17.7 Å². The summed E-state index contributed by atoms with van der Waals surface area (Å²) in [5.41, 5.74) is 7.21. The van der Waals surface area contributed by atoms with Crippen LogP contribution < -0.4 is 11.1 Å². The van der Waals surface area contributed by atoms with Gasteiger partial charge in [-0.3, -0.25) is 4.79 Å². The minimum atomic E-state index is -0.0600. The molecule has 1 rings (SSSR count). The van der Waals surface area contributed by atoms with Gasteiger partial charge in [-0.25, -0.2) is 0 Å². The Kier molecular flexibility index (Phi) is 3.88. The first-order valence-electron chi connectivity index (χ1n) is 4.46. The second kappa shape index (κ2) is 5.19. The van der Waals surface area contributed by atoms with Crippen LogP contribution in [0.2, 0.25) is 0 Å². The molecule has 0 fully saturated rings. The van der Waals surface area contributed by atoms with E-state index in [0.29, 0.717) is 6.54 Å². The number of benzene rings is 1. The number of hydrogen-bond acceptors (Lipinski definition) is 2. The van der Waals surface area contributed by atoms with E-state index in [4.69, 9.17) is 5.73 Å². The van der Waals surface area contributed by atoms with E-state index in [2.05, 4.69) is 5.32 Å². The Morgan fingerprint density at radius 1 is 1.43 bits per heavy atom. The van der Waals surface area contributed by atoms with Crippen LogP contribution in [-0.2, 0) is 4.79 Å². The van der Waals surface area contributed by atoms with E-state index in [1.165, 1.54) is 6.92 Å². The van der Waals surface area contributed by atoms with Gasteiger partial charge in [0, 0.05) is 19.2 Å². The molecule has 74 valence electrons.